The molecule has 294 valence electrons. The first-order chi connectivity index (χ1) is 27.8. The molecule has 6 N–H and O–H groups in total. The molecule has 0 bridgehead atoms. The Balaban J connectivity index is 0.836. The lowest BCUT2D eigenvalue weighted by Gasteiger charge is -2.12. The highest BCUT2D eigenvalue weighted by atomic mass is 32.2. The number of nitrogens with one attached hydrogen (secondary N) is 4. The van der Waals surface area contributed by atoms with Crippen LogP contribution >= 0.6 is 11.8 Å². The summed E-state index contributed by atoms with van der Waals surface area (Å²) in [6.07, 6.45) is 5.17. The first kappa shape index (κ1) is 38.8. The third kappa shape index (κ3) is 9.02. The number of imidazole rings is 1. The van der Waals surface area contributed by atoms with Gasteiger partial charge in [0, 0.05) is 29.6 Å². The molecule has 0 atom stereocenters. The van der Waals surface area contributed by atoms with E-state index < -0.39 is 0 Å². The Hall–Kier alpha value is -6.42. The quantitative estimate of drug-likeness (QED) is 0.0430. The van der Waals surface area contributed by atoms with Crippen molar-refractivity contribution in [2.45, 2.75) is 57.1 Å². The number of aromatic amines is 2. The van der Waals surface area contributed by atoms with Gasteiger partial charge in [0.05, 0.1) is 24.6 Å². The van der Waals surface area contributed by atoms with Crippen LogP contribution < -0.4 is 32.4 Å². The van der Waals surface area contributed by atoms with E-state index in [1.807, 2.05) is 54.6 Å². The van der Waals surface area contributed by atoms with Crippen molar-refractivity contribution >= 4 is 62.5 Å². The number of thioether (sulfide) groups is 1. The molecule has 0 aliphatic carbocycles. The monoisotopic (exact) mass is 788 g/mol. The number of hydrogen-bond acceptors (Lipinski definition) is 10. The van der Waals surface area contributed by atoms with Gasteiger partial charge in [0.15, 0.2) is 16.6 Å². The van der Waals surface area contributed by atoms with Crippen molar-refractivity contribution in [2.24, 2.45) is 0 Å². The molecular formula is C41H44N10O5S. The van der Waals surface area contributed by atoms with Crippen molar-refractivity contribution < 1.29 is 14.3 Å². The Morgan fingerprint density at radius 3 is 2.33 bits per heavy atom. The van der Waals surface area contributed by atoms with Gasteiger partial charge in [-0.05, 0) is 55.2 Å². The predicted molar refractivity (Wildman–Crippen MR) is 222 cm³/mol. The summed E-state index contributed by atoms with van der Waals surface area (Å²) < 4.78 is 8.63. The molecule has 7 rings (SSSR count). The minimum atomic E-state index is -0.371. The van der Waals surface area contributed by atoms with Crippen LogP contribution in [0.25, 0.3) is 38.8 Å². The minimum Gasteiger partial charge on any atom is -0.463 e. The van der Waals surface area contributed by atoms with E-state index in [4.69, 9.17) is 15.5 Å². The third-order valence-electron chi connectivity index (χ3n) is 9.47. The number of amides is 2. The maximum Gasteiger partial charge on any atom is 0.328 e. The number of carbonyl (C=O) groups excluding carboxylic acids is 2. The number of H-pyrrole nitrogens is 2. The van der Waals surface area contributed by atoms with Gasteiger partial charge in [-0.3, -0.25) is 23.5 Å². The van der Waals surface area contributed by atoms with Crippen LogP contribution in [0.4, 0.5) is 5.82 Å². The van der Waals surface area contributed by atoms with E-state index in [0.717, 1.165) is 55.0 Å². The highest BCUT2D eigenvalue weighted by Crippen LogP contribution is 2.26. The zero-order chi connectivity index (χ0) is 39.7. The number of rotatable bonds is 18. The van der Waals surface area contributed by atoms with E-state index in [9.17, 15) is 19.2 Å². The number of para-hydroxylation sites is 2. The van der Waals surface area contributed by atoms with E-state index in [2.05, 4.69) is 37.5 Å². The number of nitrogens with two attached hydrogens (primary N) is 1. The number of hydrogen-bond donors (Lipinski definition) is 5. The molecule has 0 aliphatic heterocycles. The molecule has 0 saturated carbocycles. The summed E-state index contributed by atoms with van der Waals surface area (Å²) in [4.78, 5) is 71.4. The first-order valence-electron chi connectivity index (χ1n) is 19.0. The molecule has 3 aromatic carbocycles. The topological polar surface area (TPSA) is 208 Å². The third-order valence-corrected chi connectivity index (χ3v) is 10.4. The highest BCUT2D eigenvalue weighted by Gasteiger charge is 2.19. The van der Waals surface area contributed by atoms with Gasteiger partial charge in [0.25, 0.3) is 11.5 Å². The van der Waals surface area contributed by atoms with Crippen molar-refractivity contribution in [3.63, 3.8) is 0 Å². The lowest BCUT2D eigenvalue weighted by atomic mass is 10.1. The van der Waals surface area contributed by atoms with Crippen LogP contribution in [-0.2, 0) is 11.3 Å². The number of ether oxygens (including phenoxy) is 1. The average Bonchev–Trinajstić information content (AvgIpc) is 3.76. The van der Waals surface area contributed by atoms with Crippen LogP contribution in [0.1, 0.15) is 61.4 Å². The number of unbranched alkanes of at least 4 members (excludes halogenated alkanes) is 4. The van der Waals surface area contributed by atoms with Crippen LogP contribution in [0, 0.1) is 0 Å². The second kappa shape index (κ2) is 18.0. The van der Waals surface area contributed by atoms with Crippen molar-refractivity contribution in [3.8, 4) is 11.7 Å². The SMILES string of the molecule is CCCCOc1nc(N)c2[nH]c(=O)n(Cc3ccc(C(=O)NCCCCCCNC(=O)CSc4nc5c([nH]c6ccccc65)c(=O)n4-c4ccccc4)cc3)c2n1. The van der Waals surface area contributed by atoms with Gasteiger partial charge in [-0.1, -0.05) is 86.5 Å². The number of nitrogen functional groups attached to an aromatic ring is 1. The molecule has 0 radical (unpaired) electrons. The Morgan fingerprint density at radius 2 is 1.56 bits per heavy atom. The van der Waals surface area contributed by atoms with E-state index in [0.29, 0.717) is 58.3 Å². The average molecular weight is 789 g/mol. The van der Waals surface area contributed by atoms with Gasteiger partial charge in [0.1, 0.15) is 16.6 Å². The van der Waals surface area contributed by atoms with Gasteiger partial charge in [0.2, 0.25) is 5.91 Å². The molecule has 0 spiro atoms. The number of fused-ring (bicyclic) bond motifs is 4. The Labute approximate surface area is 331 Å². The maximum absolute atomic E-state index is 13.7. The summed E-state index contributed by atoms with van der Waals surface area (Å²) in [5.41, 5.74) is 10.0. The zero-order valence-electron chi connectivity index (χ0n) is 31.5. The highest BCUT2D eigenvalue weighted by molar-refractivity contribution is 7.99. The molecule has 57 heavy (non-hydrogen) atoms. The summed E-state index contributed by atoms with van der Waals surface area (Å²) in [6.45, 7) is 3.78. The van der Waals surface area contributed by atoms with Gasteiger partial charge >= 0.3 is 11.7 Å². The Kier molecular flexibility index (Phi) is 12.3. The molecule has 16 heteroatoms. The predicted octanol–water partition coefficient (Wildman–Crippen LogP) is 5.31. The second-order valence-corrected chi connectivity index (χ2v) is 14.5. The lowest BCUT2D eigenvalue weighted by Crippen LogP contribution is -2.27. The van der Waals surface area contributed by atoms with Gasteiger partial charge in [-0.2, -0.15) is 9.97 Å². The maximum atomic E-state index is 13.7. The summed E-state index contributed by atoms with van der Waals surface area (Å²) in [6, 6.07) is 24.1. The summed E-state index contributed by atoms with van der Waals surface area (Å²) in [5.74, 6) is -0.0680. The molecule has 7 aromatic rings. The Morgan fingerprint density at radius 1 is 0.825 bits per heavy atom. The van der Waals surface area contributed by atoms with Crippen LogP contribution in [-0.4, -0.2) is 71.3 Å². The van der Waals surface area contributed by atoms with Crippen LogP contribution in [0.15, 0.2) is 93.6 Å². The van der Waals surface area contributed by atoms with Crippen molar-refractivity contribution in [3.05, 3.63) is 111 Å². The van der Waals surface area contributed by atoms with Crippen LogP contribution in [0.2, 0.25) is 0 Å². The number of anilines is 1. The minimum absolute atomic E-state index is 0.112. The smallest absolute Gasteiger partial charge is 0.328 e. The second-order valence-electron chi connectivity index (χ2n) is 13.6. The lowest BCUT2D eigenvalue weighted by molar-refractivity contribution is -0.118. The summed E-state index contributed by atoms with van der Waals surface area (Å²) in [7, 11) is 0. The van der Waals surface area contributed by atoms with Gasteiger partial charge < -0.3 is 31.1 Å². The number of nitrogens with zero attached hydrogens (tertiary/aromatic N) is 5. The fourth-order valence-electron chi connectivity index (χ4n) is 6.45. The normalized spacial score (nSPS) is 11.4. The summed E-state index contributed by atoms with van der Waals surface area (Å²) >= 11 is 1.23. The van der Waals surface area contributed by atoms with Crippen LogP contribution in [0.5, 0.6) is 6.01 Å². The molecule has 0 fully saturated rings. The summed E-state index contributed by atoms with van der Waals surface area (Å²) in [5, 5.41) is 7.24. The zero-order valence-corrected chi connectivity index (χ0v) is 32.4. The fraction of sp³-hybridized carbons (Fsp3) is 0.293. The molecule has 4 heterocycles. The fourth-order valence-corrected chi connectivity index (χ4v) is 7.29. The van der Waals surface area contributed by atoms with Gasteiger partial charge in [-0.25, -0.2) is 9.78 Å². The van der Waals surface area contributed by atoms with Crippen molar-refractivity contribution in [1.29, 1.82) is 0 Å². The van der Waals surface area contributed by atoms with E-state index in [-0.39, 0.29) is 47.2 Å². The van der Waals surface area contributed by atoms with E-state index in [1.165, 1.54) is 16.3 Å². The molecule has 15 nitrogen and oxygen atoms in total. The molecule has 0 unspecified atom stereocenters. The molecule has 2 amide bonds. The standard InChI is InChI=1S/C41H44N10O5S/c1-2-3-23-56-39-48-35(42)34-36(49-39)50(40(55)46-34)24-26-17-19-27(20-18-26)37(53)44-22-12-5-4-11-21-43-31(52)25-57-41-47-32-29-15-9-10-16-30(29)45-33(32)38(54)51(41)28-13-7-6-8-14-28/h6-10,13-20,45H,2-5,11-12,21-25H2,1H3,(H,43,52)(H,44,53)(H,46,55)(H2,42,48,49). The Bertz CT molecular complexity index is 2630. The van der Waals surface area contributed by atoms with E-state index in [1.54, 1.807) is 28.8 Å². The van der Waals surface area contributed by atoms with Crippen LogP contribution in [0.3, 0.4) is 0 Å². The molecule has 0 saturated heterocycles. The number of aromatic nitrogens is 7. The number of carbonyl (C=O) groups is 2. The van der Waals surface area contributed by atoms with Crippen molar-refractivity contribution in [1.82, 2.24) is 44.7 Å². The molecule has 4 aromatic heterocycles. The van der Waals surface area contributed by atoms with Gasteiger partial charge in [-0.15, -0.1) is 0 Å². The molecular weight excluding hydrogens is 745 g/mol. The largest absolute Gasteiger partial charge is 0.463 e. The van der Waals surface area contributed by atoms with Crippen molar-refractivity contribution in [2.75, 3.05) is 31.2 Å². The van der Waals surface area contributed by atoms with E-state index >= 15 is 0 Å². The first-order valence-corrected chi connectivity index (χ1v) is 20.0. The molecule has 0 aliphatic rings. The number of benzene rings is 3.